The third-order valence-electron chi connectivity index (χ3n) is 3.09. The molecule has 5 nitrogen and oxygen atoms in total. The van der Waals surface area contributed by atoms with E-state index in [1.165, 1.54) is 6.08 Å². The summed E-state index contributed by atoms with van der Waals surface area (Å²) in [6.45, 7) is 5.63. The number of hydrogen-bond acceptors (Lipinski definition) is 2. The first-order valence-electron chi connectivity index (χ1n) is 5.24. The molecule has 0 unspecified atom stereocenters. The molecule has 0 heterocycles. The third kappa shape index (κ3) is 3.74. The maximum Gasteiger partial charge on any atom is 0.363 e. The van der Waals surface area contributed by atoms with E-state index in [2.05, 4.69) is 0 Å². The molecule has 0 bridgehead atoms. The number of hydrogen-bond donors (Lipinski definition) is 3. The highest BCUT2D eigenvalue weighted by Gasteiger charge is 2.32. The number of carboxylic acid groups (broad SMARTS) is 1. The number of rotatable bonds is 6. The lowest BCUT2D eigenvalue weighted by molar-refractivity contribution is -0.132. The summed E-state index contributed by atoms with van der Waals surface area (Å²) < 4.78 is 11.0. The second-order valence-electron chi connectivity index (χ2n) is 3.80. The molecule has 0 aliphatic rings. The first-order valence-corrected chi connectivity index (χ1v) is 6.86. The Hall–Kier alpha value is -0.640. The van der Waals surface area contributed by atoms with Gasteiger partial charge in [-0.3, -0.25) is 4.57 Å². The largest absolute Gasteiger partial charge is 0.477 e. The molecule has 0 radical (unpaired) electrons. The summed E-state index contributed by atoms with van der Waals surface area (Å²) >= 11 is 0. The molecule has 94 valence electrons. The summed E-state index contributed by atoms with van der Waals surface area (Å²) in [5.41, 5.74) is -0.450. The maximum absolute atomic E-state index is 11.0. The Morgan fingerprint density at radius 1 is 1.19 bits per heavy atom. The lowest BCUT2D eigenvalue weighted by Crippen LogP contribution is -2.17. The molecule has 0 saturated heterocycles. The van der Waals surface area contributed by atoms with Gasteiger partial charge in [-0.25, -0.2) is 4.79 Å². The van der Waals surface area contributed by atoms with Crippen LogP contribution in [0.1, 0.15) is 40.0 Å². The van der Waals surface area contributed by atoms with Crippen molar-refractivity contribution >= 4 is 13.6 Å². The van der Waals surface area contributed by atoms with Crippen molar-refractivity contribution in [2.45, 2.75) is 40.0 Å². The van der Waals surface area contributed by atoms with Gasteiger partial charge in [0, 0.05) is 0 Å². The third-order valence-corrected chi connectivity index (χ3v) is 4.04. The summed E-state index contributed by atoms with van der Waals surface area (Å²) in [6.07, 6.45) is 3.18. The van der Waals surface area contributed by atoms with Gasteiger partial charge >= 0.3 is 13.6 Å². The van der Waals surface area contributed by atoms with E-state index in [-0.39, 0.29) is 0 Å². The van der Waals surface area contributed by atoms with Crippen LogP contribution in [0.4, 0.5) is 0 Å². The molecule has 16 heavy (non-hydrogen) atoms. The van der Waals surface area contributed by atoms with Crippen molar-refractivity contribution < 1.29 is 24.3 Å². The Morgan fingerprint density at radius 2 is 1.56 bits per heavy atom. The fraction of sp³-hybridized carbons (Fsp3) is 0.700. The lowest BCUT2D eigenvalue weighted by atomic mass is 9.79. The zero-order valence-electron chi connectivity index (χ0n) is 9.80. The second-order valence-corrected chi connectivity index (χ2v) is 5.37. The zero-order valence-corrected chi connectivity index (χ0v) is 10.7. The maximum atomic E-state index is 11.0. The predicted octanol–water partition coefficient (Wildman–Crippen LogP) is 2.35. The van der Waals surface area contributed by atoms with Gasteiger partial charge in [0.2, 0.25) is 0 Å². The van der Waals surface area contributed by atoms with Crippen LogP contribution in [-0.2, 0) is 9.36 Å². The molecule has 0 spiro atoms. The van der Waals surface area contributed by atoms with Gasteiger partial charge in [0.1, 0.15) is 5.31 Å². The van der Waals surface area contributed by atoms with Crippen molar-refractivity contribution in [3.63, 3.8) is 0 Å². The molecule has 0 rings (SSSR count). The first-order chi connectivity index (χ1) is 7.22. The van der Waals surface area contributed by atoms with Gasteiger partial charge in [0.05, 0.1) is 0 Å². The molecule has 3 N–H and O–H groups in total. The Bertz CT molecular complexity index is 316. The monoisotopic (exact) mass is 250 g/mol. The second kappa shape index (κ2) is 5.62. The van der Waals surface area contributed by atoms with Crippen molar-refractivity contribution in [2.75, 3.05) is 0 Å². The minimum atomic E-state index is -4.71. The summed E-state index contributed by atoms with van der Waals surface area (Å²) in [7, 11) is -4.71. The average molecular weight is 250 g/mol. The molecule has 0 saturated carbocycles. The molecule has 0 aliphatic heterocycles. The molecule has 0 aromatic carbocycles. The smallest absolute Gasteiger partial charge is 0.363 e. The molecule has 6 heteroatoms. The van der Waals surface area contributed by atoms with Gasteiger partial charge < -0.3 is 14.9 Å². The van der Waals surface area contributed by atoms with E-state index in [9.17, 15) is 9.36 Å². The van der Waals surface area contributed by atoms with E-state index in [0.717, 1.165) is 0 Å². The molecule has 0 aliphatic carbocycles. The van der Waals surface area contributed by atoms with Crippen LogP contribution in [-0.4, -0.2) is 20.9 Å². The van der Waals surface area contributed by atoms with E-state index >= 15 is 0 Å². The van der Waals surface area contributed by atoms with Crippen LogP contribution in [0, 0.1) is 5.41 Å². The van der Waals surface area contributed by atoms with Gasteiger partial charge in [0.15, 0.2) is 0 Å². The highest BCUT2D eigenvalue weighted by atomic mass is 31.2. The van der Waals surface area contributed by atoms with Crippen molar-refractivity contribution in [3.8, 4) is 0 Å². The van der Waals surface area contributed by atoms with E-state index in [0.29, 0.717) is 19.3 Å². The zero-order chi connectivity index (χ0) is 13.0. The standard InChI is InChI=1S/C10H19O5P/c1-4-10(5-2,6-3)7-8(9(11)12)16(13,14)15/h7H,4-6H2,1-3H3,(H,11,12)(H2,13,14,15)/b8-7-. The molecule has 0 atom stereocenters. The molecule has 0 aromatic rings. The van der Waals surface area contributed by atoms with Crippen molar-refractivity contribution in [1.82, 2.24) is 0 Å². The predicted molar refractivity (Wildman–Crippen MR) is 61.1 cm³/mol. The number of aliphatic carboxylic acids is 1. The van der Waals surface area contributed by atoms with Crippen LogP contribution >= 0.6 is 7.60 Å². The Kier molecular flexibility index (Phi) is 5.39. The lowest BCUT2D eigenvalue weighted by Gasteiger charge is -2.27. The van der Waals surface area contributed by atoms with Crippen LogP contribution in [0.2, 0.25) is 0 Å². The quantitative estimate of drug-likeness (QED) is 0.496. The molecular formula is C10H19O5P. The minimum Gasteiger partial charge on any atom is -0.477 e. The topological polar surface area (TPSA) is 94.8 Å². The summed E-state index contributed by atoms with van der Waals surface area (Å²) in [5, 5.41) is 8.00. The van der Waals surface area contributed by atoms with E-state index in [1.807, 2.05) is 20.8 Å². The molecule has 0 fully saturated rings. The highest BCUT2D eigenvalue weighted by molar-refractivity contribution is 7.57. The van der Waals surface area contributed by atoms with Crippen LogP contribution in [0.3, 0.4) is 0 Å². The normalized spacial score (nSPS) is 13.9. The highest BCUT2D eigenvalue weighted by Crippen LogP contribution is 2.48. The summed E-state index contributed by atoms with van der Waals surface area (Å²) in [6, 6.07) is 0. The molecule has 0 aromatic heterocycles. The molecule has 0 amide bonds. The fourth-order valence-electron chi connectivity index (χ4n) is 1.62. The van der Waals surface area contributed by atoms with Crippen molar-refractivity contribution in [3.05, 3.63) is 11.4 Å². The fourth-order valence-corrected chi connectivity index (χ4v) is 2.31. The Balaban J connectivity index is 5.51. The van der Waals surface area contributed by atoms with E-state index in [4.69, 9.17) is 14.9 Å². The average Bonchev–Trinajstić information content (AvgIpc) is 2.18. The SMILES string of the molecule is CCC(/C=C(/C(=O)O)P(=O)(O)O)(CC)CC. The number of allylic oxidation sites excluding steroid dienone is 1. The van der Waals surface area contributed by atoms with Gasteiger partial charge in [-0.05, 0) is 24.7 Å². The van der Waals surface area contributed by atoms with Crippen LogP contribution in [0.25, 0.3) is 0 Å². The van der Waals surface area contributed by atoms with Gasteiger partial charge in [-0.15, -0.1) is 0 Å². The van der Waals surface area contributed by atoms with Gasteiger partial charge in [0.25, 0.3) is 0 Å². The molecular weight excluding hydrogens is 231 g/mol. The Labute approximate surface area is 95.3 Å². The number of carboxylic acids is 1. The minimum absolute atomic E-state index is 0.450. The van der Waals surface area contributed by atoms with Crippen LogP contribution < -0.4 is 0 Å². The first kappa shape index (κ1) is 15.4. The summed E-state index contributed by atoms with van der Waals surface area (Å²) in [4.78, 5) is 28.7. The van der Waals surface area contributed by atoms with E-state index < -0.39 is 24.3 Å². The van der Waals surface area contributed by atoms with Gasteiger partial charge in [-0.2, -0.15) is 0 Å². The Morgan fingerprint density at radius 3 is 1.75 bits per heavy atom. The van der Waals surface area contributed by atoms with Crippen LogP contribution in [0.15, 0.2) is 11.4 Å². The van der Waals surface area contributed by atoms with Crippen molar-refractivity contribution in [2.24, 2.45) is 5.41 Å². The van der Waals surface area contributed by atoms with E-state index in [1.54, 1.807) is 0 Å². The number of carbonyl (C=O) groups is 1. The van der Waals surface area contributed by atoms with Crippen LogP contribution in [0.5, 0.6) is 0 Å². The van der Waals surface area contributed by atoms with Gasteiger partial charge in [-0.1, -0.05) is 26.8 Å². The van der Waals surface area contributed by atoms with Crippen molar-refractivity contribution in [1.29, 1.82) is 0 Å². The summed E-state index contributed by atoms with van der Waals surface area (Å²) in [5.74, 6) is -1.55.